The van der Waals surface area contributed by atoms with Gasteiger partial charge in [-0.05, 0) is 12.1 Å². The summed E-state index contributed by atoms with van der Waals surface area (Å²) >= 11 is 11.7. The van der Waals surface area contributed by atoms with E-state index in [2.05, 4.69) is 0 Å². The Kier molecular flexibility index (Phi) is 4.14. The highest BCUT2D eigenvalue weighted by Gasteiger charge is 2.22. The lowest BCUT2D eigenvalue weighted by Crippen LogP contribution is -2.41. The van der Waals surface area contributed by atoms with Crippen molar-refractivity contribution in [2.24, 2.45) is 0 Å². The van der Waals surface area contributed by atoms with Crippen LogP contribution in [-0.2, 0) is 10.8 Å². The monoisotopic (exact) mass is 306 g/mol. The fourth-order valence-corrected chi connectivity index (χ4v) is 3.15. The lowest BCUT2D eigenvalue weighted by molar-refractivity contribution is 0.0771. The van der Waals surface area contributed by atoms with Gasteiger partial charge in [0.15, 0.2) is 0 Å². The Balaban J connectivity index is 2.21. The number of carbonyl (C=O) groups is 1. The van der Waals surface area contributed by atoms with Gasteiger partial charge >= 0.3 is 0 Å². The molecule has 2 N–H and O–H groups in total. The minimum Gasteiger partial charge on any atom is -0.397 e. The highest BCUT2D eigenvalue weighted by atomic mass is 35.5. The average Bonchev–Trinajstić information content (AvgIpc) is 2.35. The number of hydrogen-bond acceptors (Lipinski definition) is 3. The number of nitrogens with zero attached hydrogens (tertiary/aromatic N) is 1. The highest BCUT2D eigenvalue weighted by Crippen LogP contribution is 2.29. The van der Waals surface area contributed by atoms with E-state index in [9.17, 15) is 9.00 Å². The molecule has 98 valence electrons. The molecule has 0 aromatic heterocycles. The van der Waals surface area contributed by atoms with Gasteiger partial charge in [-0.1, -0.05) is 23.2 Å². The number of benzene rings is 1. The summed E-state index contributed by atoms with van der Waals surface area (Å²) in [7, 11) is -0.812. The molecule has 2 rings (SSSR count). The fourth-order valence-electron chi connectivity index (χ4n) is 1.76. The molecule has 1 aliphatic rings. The summed E-state index contributed by atoms with van der Waals surface area (Å²) in [5, 5.41) is 0.522. The van der Waals surface area contributed by atoms with E-state index >= 15 is 0 Å². The summed E-state index contributed by atoms with van der Waals surface area (Å²) in [5.74, 6) is 0.877. The van der Waals surface area contributed by atoms with Crippen LogP contribution in [0.5, 0.6) is 0 Å². The molecule has 0 radical (unpaired) electrons. The van der Waals surface area contributed by atoms with Crippen LogP contribution >= 0.6 is 23.2 Å². The second-order valence-electron chi connectivity index (χ2n) is 4.00. The molecule has 1 fully saturated rings. The van der Waals surface area contributed by atoms with Crippen molar-refractivity contribution >= 4 is 45.6 Å². The van der Waals surface area contributed by atoms with Gasteiger partial charge in [-0.15, -0.1) is 0 Å². The van der Waals surface area contributed by atoms with Gasteiger partial charge in [-0.25, -0.2) is 0 Å². The number of anilines is 1. The topological polar surface area (TPSA) is 63.4 Å². The van der Waals surface area contributed by atoms with E-state index in [1.54, 1.807) is 4.90 Å². The first kappa shape index (κ1) is 13.6. The molecule has 1 aromatic carbocycles. The number of nitrogen functional groups attached to an aromatic ring is 1. The van der Waals surface area contributed by atoms with Gasteiger partial charge in [0, 0.05) is 41.0 Å². The van der Waals surface area contributed by atoms with E-state index in [1.807, 2.05) is 0 Å². The van der Waals surface area contributed by atoms with Crippen LogP contribution in [0.4, 0.5) is 5.69 Å². The summed E-state index contributed by atoms with van der Waals surface area (Å²) in [4.78, 5) is 13.8. The minimum atomic E-state index is -0.812. The molecular formula is C11H12Cl2N2O2S. The normalized spacial score (nSPS) is 16.9. The van der Waals surface area contributed by atoms with E-state index in [0.717, 1.165) is 0 Å². The zero-order chi connectivity index (χ0) is 13.3. The Morgan fingerprint density at radius 3 is 2.44 bits per heavy atom. The quantitative estimate of drug-likeness (QED) is 0.804. The van der Waals surface area contributed by atoms with E-state index in [0.29, 0.717) is 30.2 Å². The van der Waals surface area contributed by atoms with E-state index in [4.69, 9.17) is 28.9 Å². The predicted octanol–water partition coefficient (Wildman–Crippen LogP) is 1.78. The number of nitrogens with two attached hydrogens (primary N) is 1. The molecular weight excluding hydrogens is 295 g/mol. The molecule has 0 unspecified atom stereocenters. The summed E-state index contributed by atoms with van der Waals surface area (Å²) in [5.41, 5.74) is 6.37. The second kappa shape index (κ2) is 5.47. The van der Waals surface area contributed by atoms with Gasteiger partial charge < -0.3 is 10.6 Å². The zero-order valence-electron chi connectivity index (χ0n) is 9.49. The largest absolute Gasteiger partial charge is 0.397 e. The number of hydrogen-bond donors (Lipinski definition) is 1. The summed E-state index contributed by atoms with van der Waals surface area (Å²) in [6, 6.07) is 3.02. The third-order valence-corrected chi connectivity index (χ3v) is 4.86. The van der Waals surface area contributed by atoms with Gasteiger partial charge in [0.2, 0.25) is 0 Å². The van der Waals surface area contributed by atoms with Crippen molar-refractivity contribution in [2.45, 2.75) is 0 Å². The van der Waals surface area contributed by atoms with Crippen molar-refractivity contribution < 1.29 is 9.00 Å². The first-order chi connectivity index (χ1) is 8.49. The molecule has 4 nitrogen and oxygen atoms in total. The smallest absolute Gasteiger partial charge is 0.254 e. The lowest BCUT2D eigenvalue weighted by atomic mass is 10.1. The van der Waals surface area contributed by atoms with Crippen LogP contribution in [0.3, 0.4) is 0 Å². The Labute approximate surface area is 117 Å². The maximum Gasteiger partial charge on any atom is 0.254 e. The van der Waals surface area contributed by atoms with Gasteiger partial charge in [0.1, 0.15) is 0 Å². The maximum atomic E-state index is 12.2. The van der Waals surface area contributed by atoms with Crippen LogP contribution < -0.4 is 5.73 Å². The Morgan fingerprint density at radius 1 is 1.28 bits per heavy atom. The number of halogens is 2. The molecule has 1 amide bonds. The molecule has 7 heteroatoms. The van der Waals surface area contributed by atoms with Crippen molar-refractivity contribution in [2.75, 3.05) is 30.3 Å². The molecule has 0 aliphatic carbocycles. The first-order valence-corrected chi connectivity index (χ1v) is 7.62. The molecule has 0 atom stereocenters. The molecule has 0 saturated carbocycles. The molecule has 1 saturated heterocycles. The standard InChI is InChI=1S/C11H12Cl2N2O2S/c12-8-5-7(6-9(14)10(8)13)11(16)15-1-3-18(17)4-2-15/h5-6H,1-4,14H2. The Hall–Kier alpha value is -0.780. The number of rotatable bonds is 1. The number of carbonyl (C=O) groups excluding carboxylic acids is 1. The van der Waals surface area contributed by atoms with Crippen LogP contribution in [0.2, 0.25) is 10.0 Å². The van der Waals surface area contributed by atoms with Crippen LogP contribution in [0.15, 0.2) is 12.1 Å². The van der Waals surface area contributed by atoms with Crippen molar-refractivity contribution in [1.29, 1.82) is 0 Å². The van der Waals surface area contributed by atoms with Crippen LogP contribution in [0, 0.1) is 0 Å². The summed E-state index contributed by atoms with van der Waals surface area (Å²) in [6.07, 6.45) is 0. The minimum absolute atomic E-state index is 0.156. The SMILES string of the molecule is Nc1cc(C(=O)N2CCS(=O)CC2)cc(Cl)c1Cl. The molecule has 1 heterocycles. The zero-order valence-corrected chi connectivity index (χ0v) is 11.8. The Morgan fingerprint density at radius 2 is 1.89 bits per heavy atom. The van der Waals surface area contributed by atoms with E-state index in [1.165, 1.54) is 12.1 Å². The van der Waals surface area contributed by atoms with E-state index in [-0.39, 0.29) is 21.6 Å². The highest BCUT2D eigenvalue weighted by molar-refractivity contribution is 7.85. The number of amides is 1. The second-order valence-corrected chi connectivity index (χ2v) is 6.48. The summed E-state index contributed by atoms with van der Waals surface area (Å²) in [6.45, 7) is 0.983. The first-order valence-electron chi connectivity index (χ1n) is 5.38. The Bertz CT molecular complexity index is 489. The lowest BCUT2D eigenvalue weighted by Gasteiger charge is -2.26. The van der Waals surface area contributed by atoms with Crippen LogP contribution in [0.1, 0.15) is 10.4 Å². The van der Waals surface area contributed by atoms with Crippen LogP contribution in [-0.4, -0.2) is 39.6 Å². The molecule has 18 heavy (non-hydrogen) atoms. The summed E-state index contributed by atoms with van der Waals surface area (Å²) < 4.78 is 11.2. The average molecular weight is 307 g/mol. The molecule has 0 spiro atoms. The van der Waals surface area contributed by atoms with Gasteiger partial charge in [0.25, 0.3) is 5.91 Å². The van der Waals surface area contributed by atoms with Gasteiger partial charge in [0.05, 0.1) is 15.7 Å². The predicted molar refractivity (Wildman–Crippen MR) is 74.7 cm³/mol. The van der Waals surface area contributed by atoms with Crippen LogP contribution in [0.25, 0.3) is 0 Å². The van der Waals surface area contributed by atoms with E-state index < -0.39 is 10.8 Å². The van der Waals surface area contributed by atoms with Gasteiger partial charge in [-0.3, -0.25) is 9.00 Å². The molecule has 0 bridgehead atoms. The third-order valence-electron chi connectivity index (χ3n) is 2.77. The third kappa shape index (κ3) is 2.79. The maximum absolute atomic E-state index is 12.2. The van der Waals surface area contributed by atoms with Gasteiger partial charge in [-0.2, -0.15) is 0 Å². The molecule has 1 aromatic rings. The van der Waals surface area contributed by atoms with Crippen molar-refractivity contribution in [3.05, 3.63) is 27.7 Å². The fraction of sp³-hybridized carbons (Fsp3) is 0.364. The van der Waals surface area contributed by atoms with Crippen molar-refractivity contribution in [3.63, 3.8) is 0 Å². The molecule has 1 aliphatic heterocycles. The van der Waals surface area contributed by atoms with Crippen molar-refractivity contribution in [3.8, 4) is 0 Å². The van der Waals surface area contributed by atoms with Crippen molar-refractivity contribution in [1.82, 2.24) is 4.90 Å².